The molecular weight excluding hydrogens is 712 g/mol. The van der Waals surface area contributed by atoms with Gasteiger partial charge in [0.25, 0.3) is 0 Å². The highest BCUT2D eigenvalue weighted by atomic mass is 16.6. The number of rotatable bonds is 19. The van der Waals surface area contributed by atoms with Gasteiger partial charge in [-0.3, -0.25) is 0 Å². The molecule has 0 aliphatic carbocycles. The van der Waals surface area contributed by atoms with Crippen LogP contribution in [0, 0.1) is 0 Å². The van der Waals surface area contributed by atoms with Crippen LogP contribution < -0.4 is 14.2 Å². The summed E-state index contributed by atoms with van der Waals surface area (Å²) in [7, 11) is 0. The normalized spacial score (nSPS) is 10.8. The van der Waals surface area contributed by atoms with E-state index in [1.54, 1.807) is 72.8 Å². The number of hydrogen-bond acceptors (Lipinski definition) is 13. The van der Waals surface area contributed by atoms with Gasteiger partial charge in [0, 0.05) is 24.6 Å². The van der Waals surface area contributed by atoms with E-state index in [9.17, 15) is 28.8 Å². The number of ether oxygens (including phenoxy) is 7. The summed E-state index contributed by atoms with van der Waals surface area (Å²) in [6.45, 7) is 9.73. The van der Waals surface area contributed by atoms with E-state index in [-0.39, 0.29) is 36.7 Å². The molecule has 1 unspecified atom stereocenters. The summed E-state index contributed by atoms with van der Waals surface area (Å²) in [5, 5.41) is 0. The predicted octanol–water partition coefficient (Wildman–Crippen LogP) is 6.27. The van der Waals surface area contributed by atoms with E-state index in [1.165, 1.54) is 24.3 Å². The molecule has 55 heavy (non-hydrogen) atoms. The van der Waals surface area contributed by atoms with Crippen LogP contribution in [-0.2, 0) is 33.3 Å². The van der Waals surface area contributed by atoms with Crippen LogP contribution in [0.3, 0.4) is 0 Å². The second-order valence-corrected chi connectivity index (χ2v) is 11.2. The third kappa shape index (κ3) is 13.0. The second-order valence-electron chi connectivity index (χ2n) is 11.2. The molecule has 13 nitrogen and oxygen atoms in total. The zero-order valence-electron chi connectivity index (χ0n) is 29.5. The maximum absolute atomic E-state index is 12.8. The molecule has 0 spiro atoms. The fourth-order valence-corrected chi connectivity index (χ4v) is 4.49. The minimum atomic E-state index is -1.05. The summed E-state index contributed by atoms with van der Waals surface area (Å²) in [5.41, 5.74) is 2.29. The largest absolute Gasteiger partial charge is 0.493 e. The number of benzene rings is 4. The molecule has 0 aliphatic heterocycles. The van der Waals surface area contributed by atoms with Crippen molar-refractivity contribution >= 4 is 35.8 Å². The van der Waals surface area contributed by atoms with Gasteiger partial charge >= 0.3 is 35.8 Å². The van der Waals surface area contributed by atoms with E-state index in [0.717, 1.165) is 29.4 Å². The first-order chi connectivity index (χ1) is 26.6. The number of carbonyl (C=O) groups excluding carboxylic acids is 6. The van der Waals surface area contributed by atoms with Gasteiger partial charge in [0.2, 0.25) is 0 Å². The van der Waals surface area contributed by atoms with Crippen LogP contribution in [0.15, 0.2) is 135 Å². The molecule has 1 atom stereocenters. The molecule has 0 aromatic heterocycles. The zero-order chi connectivity index (χ0) is 39.6. The fourth-order valence-electron chi connectivity index (χ4n) is 4.49. The maximum Gasteiger partial charge on any atom is 0.343 e. The van der Waals surface area contributed by atoms with Crippen molar-refractivity contribution in [2.24, 2.45) is 0 Å². The van der Waals surface area contributed by atoms with Gasteiger partial charge in [-0.1, -0.05) is 44.0 Å². The molecule has 0 fully saturated rings. The van der Waals surface area contributed by atoms with E-state index >= 15 is 0 Å². The lowest BCUT2D eigenvalue weighted by Crippen LogP contribution is -2.30. The summed E-state index contributed by atoms with van der Waals surface area (Å²) >= 11 is 0. The number of carbonyl (C=O) groups is 6. The molecule has 0 bridgehead atoms. The van der Waals surface area contributed by atoms with E-state index in [0.29, 0.717) is 30.1 Å². The van der Waals surface area contributed by atoms with Gasteiger partial charge in [0.05, 0.1) is 29.9 Å². The van der Waals surface area contributed by atoms with Crippen molar-refractivity contribution in [3.05, 3.63) is 152 Å². The number of hydrogen-bond donors (Lipinski definition) is 0. The Labute approximate surface area is 316 Å². The van der Waals surface area contributed by atoms with Crippen molar-refractivity contribution in [1.82, 2.24) is 0 Å². The highest BCUT2D eigenvalue weighted by Crippen LogP contribution is 2.24. The van der Waals surface area contributed by atoms with E-state index < -0.39 is 41.9 Å². The molecular formula is C42H36O13. The predicted molar refractivity (Wildman–Crippen MR) is 197 cm³/mol. The van der Waals surface area contributed by atoms with Crippen LogP contribution >= 0.6 is 0 Å². The Morgan fingerprint density at radius 3 is 1.42 bits per heavy atom. The van der Waals surface area contributed by atoms with Gasteiger partial charge in [-0.15, -0.1) is 0 Å². The van der Waals surface area contributed by atoms with Crippen molar-refractivity contribution < 1.29 is 61.9 Å². The van der Waals surface area contributed by atoms with Gasteiger partial charge in [-0.2, -0.15) is 0 Å². The summed E-state index contributed by atoms with van der Waals surface area (Å²) in [5.74, 6) is -2.87. The van der Waals surface area contributed by atoms with Crippen molar-refractivity contribution in [3.63, 3.8) is 0 Å². The van der Waals surface area contributed by atoms with E-state index in [4.69, 9.17) is 33.2 Å². The Balaban J connectivity index is 1.24. The standard InChI is InChI=1S/C42H36O13/c1-4-37(43)50-25-7-24-49-33-18-14-31(15-19-33)41(47)55-35-22-16-32(17-23-35)42(48)54-34-20-12-29(13-21-34)28-8-10-30(11-9-28)40(46)52-27-36(53-39(45)6-3)26-51-38(44)5-2/h4-6,8-23,36H,1-3,7,24-27H2. The Bertz CT molecular complexity index is 2000. The lowest BCUT2D eigenvalue weighted by atomic mass is 10.0. The van der Waals surface area contributed by atoms with Gasteiger partial charge in [-0.25, -0.2) is 28.8 Å². The summed E-state index contributed by atoms with van der Waals surface area (Å²) < 4.78 is 36.6. The summed E-state index contributed by atoms with van der Waals surface area (Å²) in [6.07, 6.45) is 2.41. The van der Waals surface area contributed by atoms with Gasteiger partial charge in [0.15, 0.2) is 6.10 Å². The van der Waals surface area contributed by atoms with Gasteiger partial charge < -0.3 is 33.2 Å². The lowest BCUT2D eigenvalue weighted by Gasteiger charge is -2.17. The van der Waals surface area contributed by atoms with Crippen molar-refractivity contribution in [2.75, 3.05) is 26.4 Å². The highest BCUT2D eigenvalue weighted by molar-refractivity contribution is 5.93. The Kier molecular flexibility index (Phi) is 15.2. The average Bonchev–Trinajstić information content (AvgIpc) is 3.21. The first-order valence-corrected chi connectivity index (χ1v) is 16.6. The molecule has 0 amide bonds. The monoisotopic (exact) mass is 748 g/mol. The molecule has 4 rings (SSSR count). The molecule has 0 radical (unpaired) electrons. The van der Waals surface area contributed by atoms with Gasteiger partial charge in [-0.05, 0) is 83.9 Å². The highest BCUT2D eigenvalue weighted by Gasteiger charge is 2.19. The Morgan fingerprint density at radius 2 is 0.891 bits per heavy atom. The molecule has 13 heteroatoms. The van der Waals surface area contributed by atoms with Crippen molar-refractivity contribution in [2.45, 2.75) is 12.5 Å². The van der Waals surface area contributed by atoms with E-state index in [2.05, 4.69) is 19.7 Å². The maximum atomic E-state index is 12.8. The minimum absolute atomic E-state index is 0.199. The first kappa shape index (κ1) is 40.5. The second kappa shape index (κ2) is 20.7. The Morgan fingerprint density at radius 1 is 0.473 bits per heavy atom. The molecule has 0 aliphatic rings. The van der Waals surface area contributed by atoms with Crippen molar-refractivity contribution in [3.8, 4) is 28.4 Å². The molecule has 0 saturated heterocycles. The molecule has 4 aromatic rings. The lowest BCUT2D eigenvalue weighted by molar-refractivity contribution is -0.155. The third-order valence-corrected chi connectivity index (χ3v) is 7.31. The quantitative estimate of drug-likeness (QED) is 0.0346. The number of esters is 6. The van der Waals surface area contributed by atoms with Crippen molar-refractivity contribution in [1.29, 1.82) is 0 Å². The molecule has 4 aromatic carbocycles. The topological polar surface area (TPSA) is 167 Å². The summed E-state index contributed by atoms with van der Waals surface area (Å²) in [4.78, 5) is 72.1. The van der Waals surface area contributed by atoms with Crippen LogP contribution in [-0.4, -0.2) is 68.3 Å². The SMILES string of the molecule is C=CC(=O)OCCCOc1ccc(C(=O)Oc2ccc(C(=O)Oc3ccc(-c4ccc(C(=O)OCC(COC(=O)C=C)OC(=O)C=C)cc4)cc3)cc2)cc1. The van der Waals surface area contributed by atoms with Crippen LogP contribution in [0.2, 0.25) is 0 Å². The van der Waals surface area contributed by atoms with Crippen LogP contribution in [0.1, 0.15) is 37.5 Å². The molecule has 0 N–H and O–H groups in total. The third-order valence-electron chi connectivity index (χ3n) is 7.31. The van der Waals surface area contributed by atoms with E-state index in [1.807, 2.05) is 0 Å². The Hall–Kier alpha value is -7.28. The first-order valence-electron chi connectivity index (χ1n) is 16.6. The average molecular weight is 749 g/mol. The molecule has 0 saturated carbocycles. The minimum Gasteiger partial charge on any atom is -0.493 e. The molecule has 282 valence electrons. The smallest absolute Gasteiger partial charge is 0.343 e. The van der Waals surface area contributed by atoms with Crippen LogP contribution in [0.25, 0.3) is 11.1 Å². The van der Waals surface area contributed by atoms with Crippen LogP contribution in [0.4, 0.5) is 0 Å². The van der Waals surface area contributed by atoms with Gasteiger partial charge in [0.1, 0.15) is 30.5 Å². The van der Waals surface area contributed by atoms with Crippen LogP contribution in [0.5, 0.6) is 17.2 Å². The summed E-state index contributed by atoms with van der Waals surface area (Å²) in [6, 6.07) is 25.5. The zero-order valence-corrected chi connectivity index (χ0v) is 29.5. The fraction of sp³-hybridized carbons (Fsp3) is 0.143. The molecule has 0 heterocycles.